The van der Waals surface area contributed by atoms with Gasteiger partial charge in [0.2, 0.25) is 11.8 Å². The lowest BCUT2D eigenvalue weighted by Gasteiger charge is -2.33. The minimum Gasteiger partial charge on any atom is -0.364 e. The summed E-state index contributed by atoms with van der Waals surface area (Å²) in [7, 11) is 0. The van der Waals surface area contributed by atoms with Gasteiger partial charge in [0.05, 0.1) is 11.7 Å². The molecular formula is C23H28N6O3. The average molecular weight is 437 g/mol. The fraction of sp³-hybridized carbons (Fsp3) is 0.609. The third kappa shape index (κ3) is 3.25. The zero-order valence-electron chi connectivity index (χ0n) is 18.0. The molecule has 4 atom stereocenters. The van der Waals surface area contributed by atoms with E-state index >= 15 is 0 Å². The molecule has 2 aromatic heterocycles. The molecule has 9 heteroatoms. The summed E-state index contributed by atoms with van der Waals surface area (Å²) >= 11 is 0. The minimum atomic E-state index is -0.644. The molecule has 0 aromatic carbocycles. The molecule has 3 heterocycles. The first kappa shape index (κ1) is 19.7. The lowest BCUT2D eigenvalue weighted by molar-refractivity contribution is -0.140. The van der Waals surface area contributed by atoms with Crippen molar-refractivity contribution in [3.8, 4) is 0 Å². The third-order valence-electron chi connectivity index (χ3n) is 8.01. The summed E-state index contributed by atoms with van der Waals surface area (Å²) in [5.74, 6) is -0.401. The smallest absolute Gasteiger partial charge is 0.269 e. The van der Waals surface area contributed by atoms with E-state index < -0.39 is 11.9 Å². The molecule has 3 amide bonds. The van der Waals surface area contributed by atoms with Crippen LogP contribution in [-0.4, -0.2) is 55.5 Å². The van der Waals surface area contributed by atoms with Gasteiger partial charge in [-0.05, 0) is 62.3 Å². The van der Waals surface area contributed by atoms with Crippen molar-refractivity contribution < 1.29 is 14.4 Å². The minimum absolute atomic E-state index is 0.0157. The van der Waals surface area contributed by atoms with Crippen LogP contribution in [0, 0.1) is 11.3 Å². The maximum atomic E-state index is 13.3. The number of nitrogens with one attached hydrogen (secondary N) is 1. The van der Waals surface area contributed by atoms with E-state index in [1.54, 1.807) is 23.4 Å². The lowest BCUT2D eigenvalue weighted by atomic mass is 9.83. The number of pyridine rings is 1. The van der Waals surface area contributed by atoms with Gasteiger partial charge in [0.1, 0.15) is 12.6 Å². The number of hydrogen-bond donors (Lipinski definition) is 2. The number of primary amides is 1. The Hall–Kier alpha value is -2.97. The maximum Gasteiger partial charge on any atom is 0.269 e. The van der Waals surface area contributed by atoms with Crippen molar-refractivity contribution >= 4 is 28.6 Å². The van der Waals surface area contributed by atoms with Gasteiger partial charge in [0, 0.05) is 23.7 Å². The van der Waals surface area contributed by atoms with Crippen LogP contribution >= 0.6 is 0 Å². The summed E-state index contributed by atoms with van der Waals surface area (Å²) in [6, 6.07) is 1.61. The van der Waals surface area contributed by atoms with E-state index in [2.05, 4.69) is 15.4 Å². The molecular weight excluding hydrogens is 408 g/mol. The average Bonchev–Trinajstić information content (AvgIpc) is 3.64. The first-order valence-electron chi connectivity index (χ1n) is 11.7. The van der Waals surface area contributed by atoms with E-state index in [0.29, 0.717) is 22.2 Å². The molecule has 1 saturated heterocycles. The highest BCUT2D eigenvalue weighted by Crippen LogP contribution is 2.56. The lowest BCUT2D eigenvalue weighted by Crippen LogP contribution is -2.51. The molecule has 3 saturated carbocycles. The number of carbonyl (C=O) groups is 3. The Kier molecular flexibility index (Phi) is 4.32. The zero-order chi connectivity index (χ0) is 22.0. The Morgan fingerprint density at radius 1 is 1.22 bits per heavy atom. The molecule has 3 aliphatic carbocycles. The largest absolute Gasteiger partial charge is 0.364 e. The summed E-state index contributed by atoms with van der Waals surface area (Å²) in [6.07, 6.45) is 12.0. The van der Waals surface area contributed by atoms with Crippen molar-refractivity contribution in [2.75, 3.05) is 0 Å². The van der Waals surface area contributed by atoms with Gasteiger partial charge in [-0.2, -0.15) is 5.10 Å². The van der Waals surface area contributed by atoms with Crippen LogP contribution in [0.5, 0.6) is 0 Å². The second-order valence-corrected chi connectivity index (χ2v) is 10.2. The number of amides is 3. The molecule has 3 N–H and O–H groups in total. The summed E-state index contributed by atoms with van der Waals surface area (Å²) in [5, 5.41) is 8.12. The van der Waals surface area contributed by atoms with Crippen LogP contribution in [0.3, 0.4) is 0 Å². The van der Waals surface area contributed by atoms with Crippen molar-refractivity contribution in [2.45, 2.75) is 76.0 Å². The fourth-order valence-corrected chi connectivity index (χ4v) is 6.08. The standard InChI is InChI=1S/C23H28N6O3/c24-21(31)20-15-3-7-25-11-18(15)28(27-20)12-19(30)29-16-8-13(16)9-17(29)22(32)26-14-2-1-4-23(10-14)5-6-23/h3,7,11,13-14,16-17H,1-2,4-6,8-10,12H2,(H2,24,31)(H,26,32)/t13-,14-,16-,17+/m1/s1. The predicted octanol–water partition coefficient (Wildman–Crippen LogP) is 1.36. The van der Waals surface area contributed by atoms with E-state index in [1.807, 2.05) is 0 Å². The van der Waals surface area contributed by atoms with E-state index in [0.717, 1.165) is 25.7 Å². The second-order valence-electron chi connectivity index (χ2n) is 10.2. The van der Waals surface area contributed by atoms with E-state index in [4.69, 9.17) is 5.73 Å². The molecule has 32 heavy (non-hydrogen) atoms. The van der Waals surface area contributed by atoms with Crippen molar-refractivity contribution in [2.24, 2.45) is 17.1 Å². The summed E-state index contributed by atoms with van der Waals surface area (Å²) in [4.78, 5) is 44.2. The fourth-order valence-electron chi connectivity index (χ4n) is 6.08. The van der Waals surface area contributed by atoms with Crippen LogP contribution in [0.25, 0.3) is 10.9 Å². The van der Waals surface area contributed by atoms with Crippen LogP contribution in [0.15, 0.2) is 18.5 Å². The van der Waals surface area contributed by atoms with Crippen molar-refractivity contribution in [1.82, 2.24) is 25.0 Å². The van der Waals surface area contributed by atoms with Crippen LogP contribution in [0.2, 0.25) is 0 Å². The molecule has 6 rings (SSSR count). The van der Waals surface area contributed by atoms with Crippen molar-refractivity contribution in [3.05, 3.63) is 24.2 Å². The number of carbonyl (C=O) groups excluding carboxylic acids is 3. The molecule has 0 bridgehead atoms. The highest BCUT2D eigenvalue weighted by Gasteiger charge is 2.56. The molecule has 0 unspecified atom stereocenters. The number of nitrogens with two attached hydrogens (primary N) is 1. The van der Waals surface area contributed by atoms with Crippen molar-refractivity contribution in [1.29, 1.82) is 0 Å². The Balaban J connectivity index is 1.19. The summed E-state index contributed by atoms with van der Waals surface area (Å²) in [6.45, 7) is -0.0466. The first-order valence-corrected chi connectivity index (χ1v) is 11.7. The Morgan fingerprint density at radius 2 is 2.06 bits per heavy atom. The molecule has 0 radical (unpaired) electrons. The Bertz CT molecular complexity index is 1120. The molecule has 1 spiro atoms. The summed E-state index contributed by atoms with van der Waals surface area (Å²) < 4.78 is 1.48. The number of nitrogens with zero attached hydrogens (tertiary/aromatic N) is 4. The summed E-state index contributed by atoms with van der Waals surface area (Å²) in [5.41, 5.74) is 6.66. The maximum absolute atomic E-state index is 13.3. The molecule has 9 nitrogen and oxygen atoms in total. The van der Waals surface area contributed by atoms with Crippen molar-refractivity contribution in [3.63, 3.8) is 0 Å². The molecule has 168 valence electrons. The third-order valence-corrected chi connectivity index (χ3v) is 8.01. The highest BCUT2D eigenvalue weighted by molar-refractivity contribution is 6.04. The first-order chi connectivity index (χ1) is 15.4. The van der Waals surface area contributed by atoms with Gasteiger partial charge in [-0.25, -0.2) is 0 Å². The normalized spacial score (nSPS) is 29.7. The van der Waals surface area contributed by atoms with Gasteiger partial charge in [0.25, 0.3) is 5.91 Å². The second kappa shape index (κ2) is 7.02. The van der Waals surface area contributed by atoms with Crippen LogP contribution in [-0.2, 0) is 16.1 Å². The number of likely N-dealkylation sites (tertiary alicyclic amines) is 1. The molecule has 4 aliphatic rings. The van der Waals surface area contributed by atoms with E-state index in [1.165, 1.54) is 30.4 Å². The topological polar surface area (TPSA) is 123 Å². The van der Waals surface area contributed by atoms with Gasteiger partial charge < -0.3 is 16.0 Å². The van der Waals surface area contributed by atoms with Gasteiger partial charge >= 0.3 is 0 Å². The number of fused-ring (bicyclic) bond motifs is 2. The van der Waals surface area contributed by atoms with E-state index in [-0.39, 0.29) is 36.1 Å². The zero-order valence-corrected chi connectivity index (χ0v) is 18.0. The monoisotopic (exact) mass is 436 g/mol. The Labute approximate surface area is 185 Å². The van der Waals surface area contributed by atoms with Gasteiger partial charge in [-0.15, -0.1) is 0 Å². The van der Waals surface area contributed by atoms with E-state index in [9.17, 15) is 14.4 Å². The molecule has 2 aromatic rings. The molecule has 1 aliphatic heterocycles. The Morgan fingerprint density at radius 3 is 2.84 bits per heavy atom. The number of hydrogen-bond acceptors (Lipinski definition) is 5. The molecule has 4 fully saturated rings. The quantitative estimate of drug-likeness (QED) is 0.733. The van der Waals surface area contributed by atoms with Crippen LogP contribution < -0.4 is 11.1 Å². The van der Waals surface area contributed by atoms with Crippen LogP contribution in [0.1, 0.15) is 61.9 Å². The van der Waals surface area contributed by atoms with Gasteiger partial charge in [-0.1, -0.05) is 6.42 Å². The van der Waals surface area contributed by atoms with Gasteiger partial charge in [-0.3, -0.25) is 24.0 Å². The number of aromatic nitrogens is 3. The number of rotatable bonds is 5. The van der Waals surface area contributed by atoms with Gasteiger partial charge in [0.15, 0.2) is 5.69 Å². The predicted molar refractivity (Wildman–Crippen MR) is 115 cm³/mol. The number of piperidine rings is 1. The SMILES string of the molecule is NC(=O)c1nn(CC(=O)N2[C@@H]3C[C@@H]3C[C@H]2C(=O)N[C@@H]2CCCC3(CC3)C2)c2cnccc12. The van der Waals surface area contributed by atoms with Crippen LogP contribution in [0.4, 0.5) is 0 Å². The highest BCUT2D eigenvalue weighted by atomic mass is 16.2.